The van der Waals surface area contributed by atoms with E-state index in [9.17, 15) is 0 Å². The van der Waals surface area contributed by atoms with Crippen LogP contribution in [-0.4, -0.2) is 16.2 Å². The summed E-state index contributed by atoms with van der Waals surface area (Å²) in [7, 11) is 0. The van der Waals surface area contributed by atoms with Crippen LogP contribution in [0.25, 0.3) is 95.2 Å². The normalized spacial score (nSPS) is 10.9. The molecule has 0 amide bonds. The van der Waals surface area contributed by atoms with Crippen molar-refractivity contribution in [2.24, 2.45) is 0 Å². The fourth-order valence-electron chi connectivity index (χ4n) is 7.47. The zero-order valence-electron chi connectivity index (χ0n) is 34.0. The van der Waals surface area contributed by atoms with Crippen LogP contribution in [0.15, 0.2) is 165 Å². The molecule has 9 aromatic rings. The molecule has 1 N–H and O–H groups in total. The van der Waals surface area contributed by atoms with Crippen molar-refractivity contribution >= 4 is 68.0 Å². The second-order valence-electron chi connectivity index (χ2n) is 13.4. The Morgan fingerprint density at radius 3 is 1.76 bits per heavy atom. The fourth-order valence-corrected chi connectivity index (χ4v) is 7.47. The Morgan fingerprint density at radius 1 is 0.569 bits per heavy atom. The molecule has 0 aliphatic heterocycles. The smallest absolute Gasteiger partial charge is 0.0346 e. The molecular weight excluding hydrogens is 742 g/mol. The van der Waals surface area contributed by atoms with Gasteiger partial charge in [-0.25, -0.2) is 0 Å². The maximum atomic E-state index is 6.08. The predicted octanol–water partition coefficient (Wildman–Crippen LogP) is 13.6. The van der Waals surface area contributed by atoms with Crippen molar-refractivity contribution in [3.8, 4) is 33.4 Å². The number of nitrogens with zero attached hydrogens (tertiary/aromatic N) is 2. The molecule has 285 valence electrons. The van der Waals surface area contributed by atoms with Crippen LogP contribution in [0.1, 0.15) is 38.8 Å². The van der Waals surface area contributed by atoms with Crippen molar-refractivity contribution in [1.82, 2.24) is 9.97 Å². The van der Waals surface area contributed by atoms with E-state index in [1.54, 1.807) is 13.0 Å². The molecule has 7 aromatic carbocycles. The first kappa shape index (κ1) is 42.8. The molecule has 9 rings (SSSR count). The molecule has 0 saturated heterocycles. The molecule has 2 heterocycles. The SMILES string of the molecule is C=C/C=c1/ccc(/C=C\C)c(C)c1=C.CC.CC=N.[V].c1cc(-c2ccc3ccc4ccc(-c5ccc(-c6ccncc6)cc5)c5ccc2c3c45)c2ccncc2c1. The number of hydrogen-bond acceptors (Lipinski definition) is 3. The first-order valence-electron chi connectivity index (χ1n) is 19.5. The van der Waals surface area contributed by atoms with Crippen molar-refractivity contribution in [3.63, 3.8) is 0 Å². The number of hydrogen-bond donors (Lipinski definition) is 1. The van der Waals surface area contributed by atoms with Crippen molar-refractivity contribution < 1.29 is 18.6 Å². The minimum absolute atomic E-state index is 0. The average Bonchev–Trinajstić information content (AvgIpc) is 3.27. The quantitative estimate of drug-likeness (QED) is 0.139. The number of aromatic nitrogens is 2. The van der Waals surface area contributed by atoms with E-state index in [1.165, 1.54) is 88.4 Å². The number of allylic oxidation sites excluding steroid dienone is 2. The third-order valence-corrected chi connectivity index (χ3v) is 10.2. The molecule has 0 saturated carbocycles. The van der Waals surface area contributed by atoms with Crippen LogP contribution >= 0.6 is 0 Å². The minimum Gasteiger partial charge on any atom is -0.313 e. The van der Waals surface area contributed by atoms with E-state index in [2.05, 4.69) is 157 Å². The standard InChI is InChI=1S/C36H22N2.C14H16.C2H5N.C2H6.V/c1-2-28-22-38-21-18-30(28)31(3-1)32-13-11-27-9-8-26-10-12-29(33-14-15-34(32)36(27)35(26)33)25-6-4-23(5-7-25)24-16-19-37-20-17-24;1-5-7-13-9-10-14(8-6-2)12(4)11(13)3;1-2-3;1-2;/h1-22H;5-10H,1,3H2,2,4H3;2-3H,1H3;1-2H3;/b;8-6-,13-7-;;;. The zero-order chi connectivity index (χ0) is 40.3. The molecule has 0 spiro atoms. The minimum atomic E-state index is 0. The second kappa shape index (κ2) is 20.2. The molecule has 1 radical (unpaired) electrons. The monoisotopic (exact) mass is 790 g/mol. The summed E-state index contributed by atoms with van der Waals surface area (Å²) in [6, 6.07) is 44.0. The Labute approximate surface area is 354 Å². The van der Waals surface area contributed by atoms with Gasteiger partial charge < -0.3 is 5.41 Å². The molecule has 0 bridgehead atoms. The van der Waals surface area contributed by atoms with Crippen molar-refractivity contribution in [3.05, 3.63) is 186 Å². The van der Waals surface area contributed by atoms with Crippen LogP contribution in [0.2, 0.25) is 0 Å². The molecule has 3 nitrogen and oxygen atoms in total. The number of nitrogens with one attached hydrogen (secondary N) is 1. The van der Waals surface area contributed by atoms with Crippen LogP contribution in [0, 0.1) is 12.3 Å². The molecule has 0 unspecified atom stereocenters. The molecular formula is C54H49N3V. The molecule has 58 heavy (non-hydrogen) atoms. The maximum Gasteiger partial charge on any atom is 0.0346 e. The summed E-state index contributed by atoms with van der Waals surface area (Å²) in [6.45, 7) is 17.5. The van der Waals surface area contributed by atoms with Gasteiger partial charge in [0.05, 0.1) is 0 Å². The van der Waals surface area contributed by atoms with Gasteiger partial charge in [-0.3, -0.25) is 9.97 Å². The van der Waals surface area contributed by atoms with Gasteiger partial charge in [-0.2, -0.15) is 0 Å². The zero-order valence-corrected chi connectivity index (χ0v) is 35.4. The molecule has 0 atom stereocenters. The molecule has 0 fully saturated rings. The molecule has 4 heteroatoms. The summed E-state index contributed by atoms with van der Waals surface area (Å²) in [6.07, 6.45) is 16.7. The number of rotatable bonds is 5. The Kier molecular flexibility index (Phi) is 14.9. The summed E-state index contributed by atoms with van der Waals surface area (Å²) in [5.74, 6) is 0. The second-order valence-corrected chi connectivity index (χ2v) is 13.4. The fraction of sp³-hybridized carbons (Fsp3) is 0.0926. The third kappa shape index (κ3) is 8.77. The molecule has 0 aliphatic carbocycles. The van der Waals surface area contributed by atoms with E-state index in [-0.39, 0.29) is 18.6 Å². The summed E-state index contributed by atoms with van der Waals surface area (Å²) in [4.78, 5) is 8.48. The van der Waals surface area contributed by atoms with E-state index < -0.39 is 0 Å². The number of benzene rings is 7. The van der Waals surface area contributed by atoms with Gasteiger partial charge in [0.1, 0.15) is 0 Å². The van der Waals surface area contributed by atoms with Gasteiger partial charge in [0.2, 0.25) is 0 Å². The van der Waals surface area contributed by atoms with Crippen molar-refractivity contribution in [2.45, 2.75) is 34.6 Å². The first-order chi connectivity index (χ1) is 28.0. The molecule has 0 aliphatic rings. The van der Waals surface area contributed by atoms with E-state index in [1.807, 2.05) is 57.7 Å². The van der Waals surface area contributed by atoms with Gasteiger partial charge in [0, 0.05) is 48.7 Å². The topological polar surface area (TPSA) is 49.6 Å². The number of pyridine rings is 2. The van der Waals surface area contributed by atoms with Crippen LogP contribution in [0.5, 0.6) is 0 Å². The largest absolute Gasteiger partial charge is 0.313 e. The van der Waals surface area contributed by atoms with Gasteiger partial charge in [-0.05, 0) is 138 Å². The Balaban J connectivity index is 0.000000271. The van der Waals surface area contributed by atoms with Crippen LogP contribution < -0.4 is 10.4 Å². The van der Waals surface area contributed by atoms with Gasteiger partial charge in [0.15, 0.2) is 0 Å². The van der Waals surface area contributed by atoms with Crippen molar-refractivity contribution in [2.75, 3.05) is 0 Å². The number of fused-ring (bicyclic) bond motifs is 1. The summed E-state index contributed by atoms with van der Waals surface area (Å²) < 4.78 is 0. The van der Waals surface area contributed by atoms with E-state index in [0.717, 1.165) is 15.8 Å². The van der Waals surface area contributed by atoms with Crippen molar-refractivity contribution in [1.29, 1.82) is 5.41 Å². The van der Waals surface area contributed by atoms with E-state index in [0.29, 0.717) is 0 Å². The van der Waals surface area contributed by atoms with Crippen LogP contribution in [-0.2, 0) is 18.6 Å². The van der Waals surface area contributed by atoms with Gasteiger partial charge in [-0.1, -0.05) is 154 Å². The van der Waals surface area contributed by atoms with Crippen LogP contribution in [0.4, 0.5) is 0 Å². The maximum absolute atomic E-state index is 6.08. The Bertz CT molecular complexity index is 2940. The van der Waals surface area contributed by atoms with Gasteiger partial charge >= 0.3 is 0 Å². The van der Waals surface area contributed by atoms with Crippen LogP contribution in [0.3, 0.4) is 0 Å². The van der Waals surface area contributed by atoms with Gasteiger partial charge in [-0.15, -0.1) is 0 Å². The average molecular weight is 791 g/mol. The summed E-state index contributed by atoms with van der Waals surface area (Å²) in [5.41, 5.74) is 9.84. The summed E-state index contributed by atoms with van der Waals surface area (Å²) in [5, 5.41) is 18.5. The van der Waals surface area contributed by atoms with E-state index >= 15 is 0 Å². The van der Waals surface area contributed by atoms with E-state index in [4.69, 9.17) is 5.41 Å². The molecule has 2 aromatic heterocycles. The summed E-state index contributed by atoms with van der Waals surface area (Å²) >= 11 is 0. The Morgan fingerprint density at radius 2 is 1.12 bits per heavy atom. The van der Waals surface area contributed by atoms with Gasteiger partial charge in [0.25, 0.3) is 0 Å². The Hall–Kier alpha value is -6.39. The predicted molar refractivity (Wildman–Crippen MR) is 251 cm³/mol. The third-order valence-electron chi connectivity index (χ3n) is 10.2. The first-order valence-corrected chi connectivity index (χ1v) is 19.5.